The van der Waals surface area contributed by atoms with Crippen molar-refractivity contribution in [2.24, 2.45) is 0 Å². The topological polar surface area (TPSA) is 9.86 Å². The first-order valence-electron chi connectivity index (χ1n) is 16.0. The van der Waals surface area contributed by atoms with E-state index in [0.29, 0.717) is 0 Å². The molecule has 8 aromatic carbocycles. The summed E-state index contributed by atoms with van der Waals surface area (Å²) >= 11 is 0. The Morgan fingerprint density at radius 3 is 1.93 bits per heavy atom. The van der Waals surface area contributed by atoms with Crippen molar-refractivity contribution < 1.29 is 0 Å². The molecule has 2 heterocycles. The third kappa shape index (κ3) is 3.01. The second kappa shape index (κ2) is 8.74. The van der Waals surface area contributed by atoms with E-state index in [2.05, 4.69) is 167 Å². The highest BCUT2D eigenvalue weighted by molar-refractivity contribution is 6.27. The minimum Gasteiger partial charge on any atom is -0.309 e. The van der Waals surface area contributed by atoms with E-state index in [0.717, 1.165) is 0 Å². The number of para-hydroxylation sites is 2. The van der Waals surface area contributed by atoms with Gasteiger partial charge in [0.05, 0.1) is 22.1 Å². The molecule has 1 aliphatic rings. The number of hydrogen-bond donors (Lipinski definition) is 0. The van der Waals surface area contributed by atoms with Crippen LogP contribution in [0.2, 0.25) is 0 Å². The maximum atomic E-state index is 2.47. The lowest BCUT2D eigenvalue weighted by atomic mass is 9.98. The van der Waals surface area contributed by atoms with Crippen LogP contribution in [-0.2, 0) is 0 Å². The number of hydrogen-bond acceptors (Lipinski definition) is 0. The molecule has 11 rings (SSSR count). The van der Waals surface area contributed by atoms with Crippen LogP contribution in [0, 0.1) is 0 Å². The number of benzene rings is 8. The van der Waals surface area contributed by atoms with Crippen LogP contribution >= 0.6 is 0 Å². The van der Waals surface area contributed by atoms with Gasteiger partial charge in [-0.1, -0.05) is 115 Å². The lowest BCUT2D eigenvalue weighted by Gasteiger charge is -2.11. The second-order valence-corrected chi connectivity index (χ2v) is 12.5. The molecule has 0 fully saturated rings. The van der Waals surface area contributed by atoms with Gasteiger partial charge in [0.25, 0.3) is 0 Å². The van der Waals surface area contributed by atoms with Gasteiger partial charge in [0.2, 0.25) is 0 Å². The van der Waals surface area contributed by atoms with Crippen molar-refractivity contribution in [2.45, 2.75) is 0 Å². The summed E-state index contributed by atoms with van der Waals surface area (Å²) in [5.74, 6) is 0. The molecule has 0 aliphatic heterocycles. The summed E-state index contributed by atoms with van der Waals surface area (Å²) in [4.78, 5) is 0. The number of aromatic nitrogens is 2. The molecule has 2 nitrogen and oxygen atoms in total. The number of fused-ring (bicyclic) bond motifs is 12. The largest absolute Gasteiger partial charge is 0.309 e. The third-order valence-corrected chi connectivity index (χ3v) is 10.2. The minimum atomic E-state index is 1.17. The first kappa shape index (κ1) is 24.2. The van der Waals surface area contributed by atoms with Crippen molar-refractivity contribution in [1.82, 2.24) is 9.13 Å². The van der Waals surface area contributed by atoms with E-state index in [1.165, 1.54) is 98.8 Å². The Hall–Kier alpha value is -6.12. The van der Waals surface area contributed by atoms with E-state index >= 15 is 0 Å². The normalized spacial score (nSPS) is 12.3. The Bertz CT molecular complexity index is 2900. The van der Waals surface area contributed by atoms with Crippen LogP contribution in [0.3, 0.4) is 0 Å². The van der Waals surface area contributed by atoms with Gasteiger partial charge in [-0.2, -0.15) is 0 Å². The van der Waals surface area contributed by atoms with Crippen LogP contribution in [0.5, 0.6) is 0 Å². The highest BCUT2D eigenvalue weighted by atomic mass is 15.0. The van der Waals surface area contributed by atoms with Gasteiger partial charge in [-0.3, -0.25) is 0 Å². The quantitative estimate of drug-likeness (QED) is 0.192. The minimum absolute atomic E-state index is 1.17. The van der Waals surface area contributed by atoms with E-state index in [1.807, 2.05) is 0 Å². The lowest BCUT2D eigenvalue weighted by Crippen LogP contribution is -1.96. The molecule has 1 aliphatic carbocycles. The molecular formula is C44H26N2. The van der Waals surface area contributed by atoms with E-state index in [-0.39, 0.29) is 0 Å². The standard InChI is InChI=1S/C44H26N2/c1-2-13-29(14-3-1)46-39-24-21-30(26-37(39)34-22-20-27-10-4-5-15-31(27)44(34)46)45-38-19-7-6-16-35(38)43-40(45)25-23-33-32-17-8-11-28-12-9-18-36(41(28)32)42(33)43/h1-26H. The maximum Gasteiger partial charge on any atom is 0.0619 e. The van der Waals surface area contributed by atoms with Crippen molar-refractivity contribution in [3.63, 3.8) is 0 Å². The number of nitrogens with zero attached hydrogens (tertiary/aromatic N) is 2. The van der Waals surface area contributed by atoms with Crippen molar-refractivity contribution >= 4 is 65.2 Å². The Morgan fingerprint density at radius 1 is 0.326 bits per heavy atom. The van der Waals surface area contributed by atoms with Crippen LogP contribution in [0.25, 0.3) is 98.8 Å². The fourth-order valence-electron chi connectivity index (χ4n) is 8.37. The van der Waals surface area contributed by atoms with E-state index in [4.69, 9.17) is 0 Å². The SMILES string of the molecule is c1ccc(-n2c3ccc(-n4c5ccccc5c5c6c(ccc54)-c4cccc5cccc-6c45)cc3c3ccc4ccccc4c32)cc1. The van der Waals surface area contributed by atoms with Gasteiger partial charge in [0, 0.05) is 43.9 Å². The van der Waals surface area contributed by atoms with Crippen LogP contribution < -0.4 is 0 Å². The van der Waals surface area contributed by atoms with Crippen molar-refractivity contribution in [3.05, 3.63) is 158 Å². The maximum absolute atomic E-state index is 2.47. The predicted octanol–water partition coefficient (Wildman–Crippen LogP) is 11.8. The molecule has 2 aromatic heterocycles. The summed E-state index contributed by atoms with van der Waals surface area (Å²) in [7, 11) is 0. The van der Waals surface area contributed by atoms with Gasteiger partial charge in [0.15, 0.2) is 0 Å². The first-order valence-corrected chi connectivity index (χ1v) is 16.0. The zero-order chi connectivity index (χ0) is 29.9. The fourth-order valence-corrected chi connectivity index (χ4v) is 8.37. The molecule has 0 radical (unpaired) electrons. The molecule has 0 N–H and O–H groups in total. The molecule has 46 heavy (non-hydrogen) atoms. The molecule has 0 spiro atoms. The molecule has 212 valence electrons. The van der Waals surface area contributed by atoms with E-state index in [9.17, 15) is 0 Å². The zero-order valence-electron chi connectivity index (χ0n) is 24.9. The second-order valence-electron chi connectivity index (χ2n) is 12.5. The summed E-state index contributed by atoms with van der Waals surface area (Å²) in [6, 6.07) is 58.1. The summed E-state index contributed by atoms with van der Waals surface area (Å²) in [5.41, 5.74) is 12.6. The molecule has 0 saturated carbocycles. The average molecular weight is 583 g/mol. The van der Waals surface area contributed by atoms with Gasteiger partial charge < -0.3 is 9.13 Å². The fraction of sp³-hybridized carbons (Fsp3) is 0. The molecule has 0 atom stereocenters. The van der Waals surface area contributed by atoms with Crippen LogP contribution in [0.15, 0.2) is 158 Å². The Morgan fingerprint density at radius 2 is 1.04 bits per heavy atom. The molecule has 0 unspecified atom stereocenters. The van der Waals surface area contributed by atoms with E-state index < -0.39 is 0 Å². The summed E-state index contributed by atoms with van der Waals surface area (Å²) in [6.07, 6.45) is 0. The van der Waals surface area contributed by atoms with Crippen LogP contribution in [-0.4, -0.2) is 9.13 Å². The van der Waals surface area contributed by atoms with Crippen molar-refractivity contribution in [1.29, 1.82) is 0 Å². The summed E-state index contributed by atoms with van der Waals surface area (Å²) in [5, 5.41) is 10.3. The van der Waals surface area contributed by atoms with Gasteiger partial charge in [-0.05, 0) is 75.3 Å². The zero-order valence-corrected chi connectivity index (χ0v) is 24.9. The van der Waals surface area contributed by atoms with Gasteiger partial charge in [-0.25, -0.2) is 0 Å². The van der Waals surface area contributed by atoms with Crippen molar-refractivity contribution in [2.75, 3.05) is 0 Å². The third-order valence-electron chi connectivity index (χ3n) is 10.2. The first-order chi connectivity index (χ1) is 22.8. The molecule has 10 aromatic rings. The molecule has 0 amide bonds. The highest BCUT2D eigenvalue weighted by Crippen LogP contribution is 2.52. The van der Waals surface area contributed by atoms with E-state index in [1.54, 1.807) is 0 Å². The molecule has 0 saturated heterocycles. The predicted molar refractivity (Wildman–Crippen MR) is 195 cm³/mol. The Balaban J connectivity index is 1.25. The van der Waals surface area contributed by atoms with Gasteiger partial charge in [-0.15, -0.1) is 0 Å². The molecule has 0 bridgehead atoms. The average Bonchev–Trinajstić information content (AvgIpc) is 3.75. The smallest absolute Gasteiger partial charge is 0.0619 e. The summed E-state index contributed by atoms with van der Waals surface area (Å²) < 4.78 is 4.91. The molecular weight excluding hydrogens is 556 g/mol. The van der Waals surface area contributed by atoms with Crippen LogP contribution in [0.1, 0.15) is 0 Å². The summed E-state index contributed by atoms with van der Waals surface area (Å²) in [6.45, 7) is 0. The highest BCUT2D eigenvalue weighted by Gasteiger charge is 2.26. The van der Waals surface area contributed by atoms with Crippen molar-refractivity contribution in [3.8, 4) is 33.6 Å². The lowest BCUT2D eigenvalue weighted by molar-refractivity contribution is 1.17. The monoisotopic (exact) mass is 582 g/mol. The Kier molecular flexibility index (Phi) is 4.61. The molecule has 2 heteroatoms. The Labute approximate surface area is 265 Å². The van der Waals surface area contributed by atoms with Gasteiger partial charge in [0.1, 0.15) is 0 Å². The number of rotatable bonds is 2. The van der Waals surface area contributed by atoms with Gasteiger partial charge >= 0.3 is 0 Å². The van der Waals surface area contributed by atoms with Crippen LogP contribution in [0.4, 0.5) is 0 Å².